The number of nitrogens with zero attached hydrogens (tertiary/aromatic N) is 1. The van der Waals surface area contributed by atoms with Gasteiger partial charge >= 0.3 is 0 Å². The fourth-order valence-corrected chi connectivity index (χ4v) is 4.04. The molecule has 0 radical (unpaired) electrons. The van der Waals surface area contributed by atoms with Gasteiger partial charge in [-0.2, -0.15) is 0 Å². The summed E-state index contributed by atoms with van der Waals surface area (Å²) in [4.78, 5) is 26.3. The molecule has 0 aromatic heterocycles. The van der Waals surface area contributed by atoms with E-state index in [1.54, 1.807) is 0 Å². The summed E-state index contributed by atoms with van der Waals surface area (Å²) in [5, 5.41) is 6.44. The molecule has 0 spiro atoms. The van der Waals surface area contributed by atoms with Crippen molar-refractivity contribution in [2.75, 3.05) is 29.9 Å². The molecule has 2 N–H and O–H groups in total. The van der Waals surface area contributed by atoms with Gasteiger partial charge < -0.3 is 15.5 Å². The van der Waals surface area contributed by atoms with Gasteiger partial charge in [-0.05, 0) is 38.3 Å². The van der Waals surface area contributed by atoms with Gasteiger partial charge in [0, 0.05) is 30.9 Å². The summed E-state index contributed by atoms with van der Waals surface area (Å²) in [6.45, 7) is 3.66. The molecule has 1 aromatic carbocycles. The molecule has 0 saturated carbocycles. The van der Waals surface area contributed by atoms with Crippen molar-refractivity contribution in [3.8, 4) is 0 Å². The number of likely N-dealkylation sites (tertiary alicyclic amines) is 1. The number of carbonyl (C=O) groups excluding carboxylic acids is 2. The highest BCUT2D eigenvalue weighted by Gasteiger charge is 2.30. The smallest absolute Gasteiger partial charge is 0.234 e. The van der Waals surface area contributed by atoms with Crippen LogP contribution in [0.3, 0.4) is 0 Å². The maximum absolute atomic E-state index is 12.4. The van der Waals surface area contributed by atoms with Gasteiger partial charge in [-0.25, -0.2) is 0 Å². The fourth-order valence-electron chi connectivity index (χ4n) is 3.33. The third-order valence-corrected chi connectivity index (χ3v) is 5.59. The van der Waals surface area contributed by atoms with Crippen LogP contribution in [0.2, 0.25) is 0 Å². The van der Waals surface area contributed by atoms with E-state index in [4.69, 9.17) is 0 Å². The average molecular weight is 384 g/mol. The first-order valence-electron chi connectivity index (χ1n) is 8.58. The number of nitrogens with one attached hydrogen (secondary N) is 2. The molecule has 25 heavy (non-hydrogen) atoms. The quantitative estimate of drug-likeness (QED) is 0.819. The molecule has 1 aromatic rings. The Kier molecular flexibility index (Phi) is 7.59. The molecular formula is C18H26ClN3O2S. The van der Waals surface area contributed by atoms with E-state index in [1.807, 2.05) is 36.1 Å². The van der Waals surface area contributed by atoms with Crippen molar-refractivity contribution in [2.45, 2.75) is 38.3 Å². The van der Waals surface area contributed by atoms with Crippen LogP contribution in [0.1, 0.15) is 24.8 Å². The highest BCUT2D eigenvalue weighted by atomic mass is 35.5. The zero-order valence-corrected chi connectivity index (χ0v) is 16.1. The summed E-state index contributed by atoms with van der Waals surface area (Å²) in [6, 6.07) is 8.75. The van der Waals surface area contributed by atoms with Crippen molar-refractivity contribution >= 4 is 41.7 Å². The maximum Gasteiger partial charge on any atom is 0.234 e. The predicted octanol–water partition coefficient (Wildman–Crippen LogP) is 2.44. The number of aryl methyl sites for hydroxylation is 1. The maximum atomic E-state index is 12.4. The van der Waals surface area contributed by atoms with Crippen LogP contribution >= 0.6 is 24.2 Å². The van der Waals surface area contributed by atoms with E-state index in [-0.39, 0.29) is 24.2 Å². The van der Waals surface area contributed by atoms with Crippen LogP contribution in [0.15, 0.2) is 24.3 Å². The number of benzene rings is 1. The summed E-state index contributed by atoms with van der Waals surface area (Å²) in [5.74, 6) is 0.766. The first-order valence-corrected chi connectivity index (χ1v) is 9.74. The average Bonchev–Trinajstić information content (AvgIpc) is 2.88. The van der Waals surface area contributed by atoms with Crippen LogP contribution in [0.5, 0.6) is 0 Å². The molecule has 2 saturated heterocycles. The minimum absolute atomic E-state index is 0. The van der Waals surface area contributed by atoms with Crippen molar-refractivity contribution in [3.05, 3.63) is 29.8 Å². The van der Waals surface area contributed by atoms with Crippen LogP contribution < -0.4 is 10.6 Å². The standard InChI is InChI=1S/C18H25N3O2S.ClH/c1-13-2-4-14(5-3-13)20-17(22)11-24-12-18(23)21-9-8-15-6-7-16(10-21)19-15;/h2-5,15-16,19H,6-12H2,1H3,(H,20,22);1H. The second-order valence-electron chi connectivity index (χ2n) is 6.67. The molecule has 138 valence electrons. The van der Waals surface area contributed by atoms with Gasteiger partial charge in [0.05, 0.1) is 11.5 Å². The van der Waals surface area contributed by atoms with E-state index in [0.717, 1.165) is 30.8 Å². The lowest BCUT2D eigenvalue weighted by Gasteiger charge is -2.24. The molecule has 2 fully saturated rings. The summed E-state index contributed by atoms with van der Waals surface area (Å²) >= 11 is 1.39. The Morgan fingerprint density at radius 1 is 1.16 bits per heavy atom. The number of rotatable bonds is 5. The molecule has 2 aliphatic heterocycles. The zero-order chi connectivity index (χ0) is 16.9. The monoisotopic (exact) mass is 383 g/mol. The third-order valence-electron chi connectivity index (χ3n) is 4.67. The van der Waals surface area contributed by atoms with E-state index < -0.39 is 0 Å². The van der Waals surface area contributed by atoms with Crippen molar-refractivity contribution in [1.29, 1.82) is 0 Å². The lowest BCUT2D eigenvalue weighted by Crippen LogP contribution is -2.40. The zero-order valence-electron chi connectivity index (χ0n) is 14.5. The van der Waals surface area contributed by atoms with Gasteiger partial charge in [0.15, 0.2) is 0 Å². The van der Waals surface area contributed by atoms with Crippen LogP contribution in [0.4, 0.5) is 5.69 Å². The highest BCUT2D eigenvalue weighted by molar-refractivity contribution is 8.00. The summed E-state index contributed by atoms with van der Waals surface area (Å²) in [5.41, 5.74) is 1.96. The first-order chi connectivity index (χ1) is 11.6. The van der Waals surface area contributed by atoms with Crippen molar-refractivity contribution in [2.24, 2.45) is 0 Å². The Balaban J connectivity index is 0.00000225. The molecule has 7 heteroatoms. The first kappa shape index (κ1) is 20.1. The van der Waals surface area contributed by atoms with Crippen LogP contribution in [0.25, 0.3) is 0 Å². The van der Waals surface area contributed by atoms with Gasteiger partial charge in [0.2, 0.25) is 11.8 Å². The van der Waals surface area contributed by atoms with E-state index in [0.29, 0.717) is 23.6 Å². The topological polar surface area (TPSA) is 61.4 Å². The molecule has 2 bridgehead atoms. The molecule has 3 rings (SSSR count). The number of fused-ring (bicyclic) bond motifs is 2. The second-order valence-corrected chi connectivity index (χ2v) is 7.66. The second kappa shape index (κ2) is 9.46. The largest absolute Gasteiger partial charge is 0.340 e. The lowest BCUT2D eigenvalue weighted by molar-refractivity contribution is -0.128. The van der Waals surface area contributed by atoms with Crippen molar-refractivity contribution in [1.82, 2.24) is 10.2 Å². The Hall–Kier alpha value is -1.24. The van der Waals surface area contributed by atoms with Gasteiger partial charge in [-0.15, -0.1) is 24.2 Å². The Morgan fingerprint density at radius 2 is 1.88 bits per heavy atom. The van der Waals surface area contributed by atoms with Crippen LogP contribution in [-0.4, -0.2) is 53.4 Å². The predicted molar refractivity (Wildman–Crippen MR) is 106 cm³/mol. The lowest BCUT2D eigenvalue weighted by atomic mass is 10.1. The number of halogens is 1. The number of anilines is 1. The fraction of sp³-hybridized carbons (Fsp3) is 0.556. The van der Waals surface area contributed by atoms with Crippen molar-refractivity contribution < 1.29 is 9.59 Å². The number of hydrogen-bond donors (Lipinski definition) is 2. The van der Waals surface area contributed by atoms with E-state index >= 15 is 0 Å². The molecule has 5 nitrogen and oxygen atoms in total. The van der Waals surface area contributed by atoms with E-state index in [2.05, 4.69) is 10.6 Å². The SMILES string of the molecule is Cc1ccc(NC(=O)CSCC(=O)N2CCC3CCC(C2)N3)cc1.Cl. The van der Waals surface area contributed by atoms with Crippen LogP contribution in [0, 0.1) is 6.92 Å². The Bertz CT molecular complexity index is 596. The van der Waals surface area contributed by atoms with E-state index in [9.17, 15) is 9.59 Å². The Labute approximate surface area is 159 Å². The molecule has 2 aliphatic rings. The summed E-state index contributed by atoms with van der Waals surface area (Å²) in [7, 11) is 0. The highest BCUT2D eigenvalue weighted by Crippen LogP contribution is 2.21. The normalized spacial score (nSPS) is 22.0. The van der Waals surface area contributed by atoms with Gasteiger partial charge in [0.25, 0.3) is 0 Å². The van der Waals surface area contributed by atoms with Gasteiger partial charge in [-0.1, -0.05) is 17.7 Å². The van der Waals surface area contributed by atoms with E-state index in [1.165, 1.54) is 24.6 Å². The van der Waals surface area contributed by atoms with Gasteiger partial charge in [0.1, 0.15) is 0 Å². The summed E-state index contributed by atoms with van der Waals surface area (Å²) < 4.78 is 0. The Morgan fingerprint density at radius 3 is 2.64 bits per heavy atom. The minimum Gasteiger partial charge on any atom is -0.340 e. The molecular weight excluding hydrogens is 358 g/mol. The molecule has 2 unspecified atom stereocenters. The van der Waals surface area contributed by atoms with Crippen LogP contribution in [-0.2, 0) is 9.59 Å². The number of amides is 2. The molecule has 0 aliphatic carbocycles. The third kappa shape index (κ3) is 5.90. The number of carbonyl (C=O) groups is 2. The minimum atomic E-state index is -0.0618. The molecule has 2 heterocycles. The summed E-state index contributed by atoms with van der Waals surface area (Å²) in [6.07, 6.45) is 3.45. The van der Waals surface area contributed by atoms with Gasteiger partial charge in [-0.3, -0.25) is 9.59 Å². The molecule has 2 atom stereocenters. The van der Waals surface area contributed by atoms with Crippen molar-refractivity contribution in [3.63, 3.8) is 0 Å². The number of hydrogen-bond acceptors (Lipinski definition) is 4. The molecule has 2 amide bonds. The number of thioether (sulfide) groups is 1.